The first kappa shape index (κ1) is 18.6. The molecule has 1 aromatic rings. The lowest BCUT2D eigenvalue weighted by Gasteiger charge is -2.25. The quantitative estimate of drug-likeness (QED) is 0.745. The fraction of sp³-hybridized carbons (Fsp3) is 0.500. The van der Waals surface area contributed by atoms with Crippen molar-refractivity contribution >= 4 is 21.8 Å². The third-order valence-corrected chi connectivity index (χ3v) is 5.70. The van der Waals surface area contributed by atoms with Crippen LogP contribution in [0.15, 0.2) is 23.1 Å². The first-order valence-corrected chi connectivity index (χ1v) is 9.64. The molecule has 142 valence electrons. The average Bonchev–Trinajstić information content (AvgIpc) is 2.97. The molecule has 26 heavy (non-hydrogen) atoms. The molecule has 10 heteroatoms. The van der Waals surface area contributed by atoms with Crippen LogP contribution in [0.25, 0.3) is 0 Å². The second-order valence-electron chi connectivity index (χ2n) is 6.35. The highest BCUT2D eigenvalue weighted by molar-refractivity contribution is 7.89. The smallest absolute Gasteiger partial charge is 0.257 e. The summed E-state index contributed by atoms with van der Waals surface area (Å²) in [6.45, 7) is 0.926. The van der Waals surface area contributed by atoms with Crippen molar-refractivity contribution in [2.45, 2.75) is 23.5 Å². The van der Waals surface area contributed by atoms with Crippen molar-refractivity contribution in [3.63, 3.8) is 0 Å². The van der Waals surface area contributed by atoms with Crippen LogP contribution in [0.2, 0.25) is 0 Å². The molecular weight excluding hydrogens is 362 g/mol. The summed E-state index contributed by atoms with van der Waals surface area (Å²) in [4.78, 5) is 28.0. The third-order valence-electron chi connectivity index (χ3n) is 4.79. The number of rotatable bonds is 3. The van der Waals surface area contributed by atoms with Gasteiger partial charge in [0.15, 0.2) is 0 Å². The summed E-state index contributed by atoms with van der Waals surface area (Å²) >= 11 is 0. The molecule has 2 fully saturated rings. The summed E-state index contributed by atoms with van der Waals surface area (Å²) in [7, 11) is -0.859. The van der Waals surface area contributed by atoms with E-state index < -0.39 is 15.9 Å². The number of likely N-dealkylation sites (N-methyl/N-ethyl adjacent to an activating group) is 1. The van der Waals surface area contributed by atoms with Crippen LogP contribution < -0.4 is 9.88 Å². The van der Waals surface area contributed by atoms with E-state index in [-0.39, 0.29) is 34.3 Å². The number of primary sulfonamides is 1. The maximum atomic E-state index is 13.0. The Kier molecular flexibility index (Phi) is 4.91. The van der Waals surface area contributed by atoms with Crippen molar-refractivity contribution in [2.24, 2.45) is 5.14 Å². The standard InChI is InChI=1S/C16H21N3O6S/c1-18-12-8-19(9-14(12)25-6-5-15(18)20)16(21)11-7-10(26(17,22)23)3-4-13(11)24-2/h3-4,7,12,14H,5-6,8-9H2,1-2H3,(H2,17,22,23)/t12-,14-/m0/s1. The van der Waals surface area contributed by atoms with Gasteiger partial charge in [0.25, 0.3) is 5.91 Å². The normalized spacial score (nSPS) is 23.6. The van der Waals surface area contributed by atoms with Gasteiger partial charge in [-0.05, 0) is 18.2 Å². The minimum atomic E-state index is -3.95. The van der Waals surface area contributed by atoms with Gasteiger partial charge in [-0.15, -0.1) is 0 Å². The largest absolute Gasteiger partial charge is 0.496 e. The van der Waals surface area contributed by atoms with Crippen molar-refractivity contribution in [3.8, 4) is 5.75 Å². The number of hydrogen-bond acceptors (Lipinski definition) is 6. The average molecular weight is 383 g/mol. The Morgan fingerprint density at radius 1 is 1.35 bits per heavy atom. The van der Waals surface area contributed by atoms with Crippen LogP contribution >= 0.6 is 0 Å². The van der Waals surface area contributed by atoms with Crippen LogP contribution in [0.1, 0.15) is 16.8 Å². The molecule has 0 unspecified atom stereocenters. The van der Waals surface area contributed by atoms with Crippen LogP contribution in [0, 0.1) is 0 Å². The molecule has 0 radical (unpaired) electrons. The number of methoxy groups -OCH3 is 1. The molecule has 9 nitrogen and oxygen atoms in total. The summed E-state index contributed by atoms with van der Waals surface area (Å²) in [6, 6.07) is 3.66. The Bertz CT molecular complexity index is 840. The maximum Gasteiger partial charge on any atom is 0.257 e. The molecule has 0 aromatic heterocycles. The van der Waals surface area contributed by atoms with E-state index in [0.717, 1.165) is 0 Å². The van der Waals surface area contributed by atoms with E-state index in [0.29, 0.717) is 26.1 Å². The molecule has 2 aliphatic rings. The molecule has 0 bridgehead atoms. The number of nitrogens with two attached hydrogens (primary N) is 1. The molecule has 0 aliphatic carbocycles. The van der Waals surface area contributed by atoms with Gasteiger partial charge in [0.1, 0.15) is 5.75 Å². The van der Waals surface area contributed by atoms with Crippen molar-refractivity contribution < 1.29 is 27.5 Å². The monoisotopic (exact) mass is 383 g/mol. The van der Waals surface area contributed by atoms with E-state index in [1.807, 2.05) is 0 Å². The van der Waals surface area contributed by atoms with E-state index in [1.165, 1.54) is 30.2 Å². The second kappa shape index (κ2) is 6.86. The van der Waals surface area contributed by atoms with E-state index in [1.54, 1.807) is 11.9 Å². The Morgan fingerprint density at radius 3 is 2.73 bits per heavy atom. The Hall–Kier alpha value is -2.17. The Morgan fingerprint density at radius 2 is 2.08 bits per heavy atom. The van der Waals surface area contributed by atoms with E-state index in [4.69, 9.17) is 14.6 Å². The van der Waals surface area contributed by atoms with Crippen LogP contribution in [-0.4, -0.2) is 76.0 Å². The predicted molar refractivity (Wildman–Crippen MR) is 91.2 cm³/mol. The lowest BCUT2D eigenvalue weighted by molar-refractivity contribution is -0.131. The molecule has 3 rings (SSSR count). The molecule has 2 aliphatic heterocycles. The lowest BCUT2D eigenvalue weighted by atomic mass is 10.1. The van der Waals surface area contributed by atoms with Gasteiger partial charge in [0, 0.05) is 20.1 Å². The zero-order valence-electron chi connectivity index (χ0n) is 14.5. The maximum absolute atomic E-state index is 13.0. The Labute approximate surface area is 151 Å². The highest BCUT2D eigenvalue weighted by Gasteiger charge is 2.42. The summed E-state index contributed by atoms with van der Waals surface area (Å²) in [5, 5.41) is 5.16. The van der Waals surface area contributed by atoms with Gasteiger partial charge in [-0.2, -0.15) is 0 Å². The Balaban J connectivity index is 1.89. The van der Waals surface area contributed by atoms with Gasteiger partial charge < -0.3 is 19.3 Å². The fourth-order valence-electron chi connectivity index (χ4n) is 3.32. The minimum Gasteiger partial charge on any atom is -0.496 e. The van der Waals surface area contributed by atoms with Crippen LogP contribution in [0.5, 0.6) is 5.75 Å². The van der Waals surface area contributed by atoms with E-state index in [2.05, 4.69) is 0 Å². The number of sulfonamides is 1. The zero-order valence-corrected chi connectivity index (χ0v) is 15.4. The van der Waals surface area contributed by atoms with Crippen molar-refractivity contribution in [2.75, 3.05) is 33.9 Å². The number of likely N-dealkylation sites (tertiary alicyclic amines) is 1. The number of carbonyl (C=O) groups excluding carboxylic acids is 2. The van der Waals surface area contributed by atoms with E-state index in [9.17, 15) is 18.0 Å². The van der Waals surface area contributed by atoms with E-state index >= 15 is 0 Å². The molecule has 2 saturated heterocycles. The first-order chi connectivity index (χ1) is 12.2. The first-order valence-electron chi connectivity index (χ1n) is 8.09. The topological polar surface area (TPSA) is 119 Å². The number of benzene rings is 1. The molecule has 0 saturated carbocycles. The van der Waals surface area contributed by atoms with Crippen LogP contribution in [-0.2, 0) is 19.6 Å². The van der Waals surface area contributed by atoms with Gasteiger partial charge in [-0.25, -0.2) is 13.6 Å². The van der Waals surface area contributed by atoms with Crippen LogP contribution in [0.4, 0.5) is 0 Å². The lowest BCUT2D eigenvalue weighted by Crippen LogP contribution is -2.43. The molecule has 2 atom stereocenters. The molecule has 2 amide bonds. The fourth-order valence-corrected chi connectivity index (χ4v) is 3.86. The molecule has 2 N–H and O–H groups in total. The van der Waals surface area contributed by atoms with Gasteiger partial charge >= 0.3 is 0 Å². The third kappa shape index (κ3) is 3.39. The summed E-state index contributed by atoms with van der Waals surface area (Å²) < 4.78 is 34.1. The number of fused-ring (bicyclic) bond motifs is 1. The highest BCUT2D eigenvalue weighted by Crippen LogP contribution is 2.28. The minimum absolute atomic E-state index is 0.0272. The number of nitrogens with zero attached hydrogens (tertiary/aromatic N) is 2. The summed E-state index contributed by atoms with van der Waals surface area (Å²) in [5.41, 5.74) is 0.101. The predicted octanol–water partition coefficient (Wildman–Crippen LogP) is -0.586. The summed E-state index contributed by atoms with van der Waals surface area (Å²) in [5.74, 6) is -0.176. The molecule has 0 spiro atoms. The van der Waals surface area contributed by atoms with Crippen LogP contribution in [0.3, 0.4) is 0 Å². The molecule has 2 heterocycles. The number of amides is 2. The highest BCUT2D eigenvalue weighted by atomic mass is 32.2. The zero-order chi connectivity index (χ0) is 19.1. The van der Waals surface area contributed by atoms with Gasteiger partial charge in [0.2, 0.25) is 15.9 Å². The van der Waals surface area contributed by atoms with Crippen molar-refractivity contribution in [1.29, 1.82) is 0 Å². The van der Waals surface area contributed by atoms with Crippen molar-refractivity contribution in [3.05, 3.63) is 23.8 Å². The molecule has 1 aromatic carbocycles. The number of hydrogen-bond donors (Lipinski definition) is 1. The number of carbonyl (C=O) groups is 2. The molecular formula is C16H21N3O6S. The van der Waals surface area contributed by atoms with Crippen molar-refractivity contribution in [1.82, 2.24) is 9.80 Å². The van der Waals surface area contributed by atoms with Gasteiger partial charge in [0.05, 0.1) is 42.7 Å². The SMILES string of the molecule is COc1ccc(S(N)(=O)=O)cc1C(=O)N1C[C@@H]2OCCC(=O)N(C)[C@H]2C1. The van der Waals surface area contributed by atoms with Gasteiger partial charge in [-0.3, -0.25) is 9.59 Å². The number of ether oxygens (including phenoxy) is 2. The summed E-state index contributed by atoms with van der Waals surface area (Å²) in [6.07, 6.45) is 0.0459. The van der Waals surface area contributed by atoms with Gasteiger partial charge in [-0.1, -0.05) is 0 Å². The second-order valence-corrected chi connectivity index (χ2v) is 7.91.